The van der Waals surface area contributed by atoms with Crippen molar-refractivity contribution in [2.75, 3.05) is 6.61 Å². The molecule has 0 saturated heterocycles. The molecule has 0 fully saturated rings. The first-order chi connectivity index (χ1) is 11.8. The summed E-state index contributed by atoms with van der Waals surface area (Å²) in [5, 5.41) is 7.67. The van der Waals surface area contributed by atoms with Gasteiger partial charge in [0.25, 0.3) is 5.88 Å². The van der Waals surface area contributed by atoms with Crippen LogP contribution in [0.4, 0.5) is 4.39 Å². The zero-order valence-electron chi connectivity index (χ0n) is 12.5. The van der Waals surface area contributed by atoms with E-state index in [4.69, 9.17) is 9.57 Å². The molecule has 4 rings (SSSR count). The average Bonchev–Trinajstić information content (AvgIpc) is 3.34. The van der Waals surface area contributed by atoms with Gasteiger partial charge in [-0.3, -0.25) is 0 Å². The maximum atomic E-state index is 14.3. The van der Waals surface area contributed by atoms with Gasteiger partial charge in [-0.05, 0) is 17.3 Å². The largest absolute Gasteiger partial charge is 0.471 e. The minimum Gasteiger partial charge on any atom is -0.471 e. The van der Waals surface area contributed by atoms with Gasteiger partial charge in [-0.1, -0.05) is 11.2 Å². The molecule has 1 atom stereocenters. The molecule has 3 heterocycles. The van der Waals surface area contributed by atoms with Crippen molar-refractivity contribution < 1.29 is 18.5 Å². The van der Waals surface area contributed by atoms with Gasteiger partial charge in [-0.15, -0.1) is 0 Å². The number of aromatic amines is 1. The molecule has 8 heteroatoms. The van der Waals surface area contributed by atoms with E-state index in [1.54, 1.807) is 30.6 Å². The Morgan fingerprint density at radius 1 is 1.33 bits per heavy atom. The second kappa shape index (κ2) is 6.15. The van der Waals surface area contributed by atoms with Crippen LogP contribution in [0.3, 0.4) is 0 Å². The third kappa shape index (κ3) is 2.85. The summed E-state index contributed by atoms with van der Waals surface area (Å²) in [6.07, 6.45) is 4.94. The molecule has 0 amide bonds. The van der Waals surface area contributed by atoms with Crippen molar-refractivity contribution >= 4 is 5.71 Å². The van der Waals surface area contributed by atoms with Gasteiger partial charge in [0, 0.05) is 30.4 Å². The second-order valence-electron chi connectivity index (χ2n) is 5.25. The van der Waals surface area contributed by atoms with Gasteiger partial charge in [0.2, 0.25) is 0 Å². The molecule has 0 aliphatic carbocycles. The van der Waals surface area contributed by atoms with Crippen molar-refractivity contribution in [1.29, 1.82) is 0 Å². The highest BCUT2D eigenvalue weighted by atomic mass is 19.1. The van der Waals surface area contributed by atoms with Crippen molar-refractivity contribution in [2.45, 2.75) is 12.5 Å². The SMILES string of the molecule is Fc1cc(C2=NO[C@H](COc3ccon3)C2)ccc1-c1ncc[nH]1. The molecule has 0 saturated carbocycles. The minimum atomic E-state index is -0.368. The van der Waals surface area contributed by atoms with E-state index >= 15 is 0 Å². The molecule has 2 aromatic heterocycles. The summed E-state index contributed by atoms with van der Waals surface area (Å²) in [5.41, 5.74) is 1.76. The van der Waals surface area contributed by atoms with Crippen molar-refractivity contribution in [2.24, 2.45) is 5.16 Å². The summed E-state index contributed by atoms with van der Waals surface area (Å²) >= 11 is 0. The average molecular weight is 328 g/mol. The van der Waals surface area contributed by atoms with Gasteiger partial charge in [-0.25, -0.2) is 9.37 Å². The molecule has 1 aliphatic heterocycles. The number of nitrogens with zero attached hydrogens (tertiary/aromatic N) is 3. The van der Waals surface area contributed by atoms with E-state index in [0.29, 0.717) is 35.0 Å². The summed E-state index contributed by atoms with van der Waals surface area (Å²) < 4.78 is 24.4. The van der Waals surface area contributed by atoms with Gasteiger partial charge in [0.1, 0.15) is 24.5 Å². The van der Waals surface area contributed by atoms with Crippen molar-refractivity contribution in [3.63, 3.8) is 0 Å². The highest BCUT2D eigenvalue weighted by molar-refractivity contribution is 6.01. The third-order valence-electron chi connectivity index (χ3n) is 3.62. The lowest BCUT2D eigenvalue weighted by molar-refractivity contribution is 0.0446. The lowest BCUT2D eigenvalue weighted by Crippen LogP contribution is -2.18. The number of oxime groups is 1. The number of halogens is 1. The van der Waals surface area contributed by atoms with E-state index in [1.807, 2.05) is 0 Å². The first-order valence-electron chi connectivity index (χ1n) is 7.35. The van der Waals surface area contributed by atoms with Crippen LogP contribution >= 0.6 is 0 Å². The normalized spacial score (nSPS) is 16.7. The van der Waals surface area contributed by atoms with Crippen LogP contribution in [0.1, 0.15) is 12.0 Å². The van der Waals surface area contributed by atoms with Crippen LogP contribution < -0.4 is 4.74 Å². The quantitative estimate of drug-likeness (QED) is 0.778. The number of nitrogens with one attached hydrogen (secondary N) is 1. The Labute approximate surface area is 136 Å². The van der Waals surface area contributed by atoms with Crippen LogP contribution in [0, 0.1) is 5.82 Å². The molecular weight excluding hydrogens is 315 g/mol. The Morgan fingerprint density at radius 3 is 3.04 bits per heavy atom. The van der Waals surface area contributed by atoms with E-state index in [1.165, 1.54) is 12.3 Å². The van der Waals surface area contributed by atoms with Crippen molar-refractivity contribution in [3.05, 3.63) is 54.3 Å². The van der Waals surface area contributed by atoms with Gasteiger partial charge in [0.05, 0.1) is 11.3 Å². The summed E-state index contributed by atoms with van der Waals surface area (Å²) in [7, 11) is 0. The van der Waals surface area contributed by atoms with E-state index in [9.17, 15) is 4.39 Å². The third-order valence-corrected chi connectivity index (χ3v) is 3.62. The molecule has 1 aromatic carbocycles. The van der Waals surface area contributed by atoms with Crippen LogP contribution in [0.5, 0.6) is 5.88 Å². The fraction of sp³-hybridized carbons (Fsp3) is 0.188. The molecular formula is C16H13FN4O3. The summed E-state index contributed by atoms with van der Waals surface area (Å²) in [4.78, 5) is 12.3. The molecule has 0 radical (unpaired) electrons. The van der Waals surface area contributed by atoms with Crippen molar-refractivity contribution in [1.82, 2.24) is 15.1 Å². The van der Waals surface area contributed by atoms with E-state index in [-0.39, 0.29) is 18.5 Å². The van der Waals surface area contributed by atoms with E-state index in [0.717, 1.165) is 0 Å². The monoisotopic (exact) mass is 328 g/mol. The molecule has 24 heavy (non-hydrogen) atoms. The topological polar surface area (TPSA) is 85.5 Å². The Morgan fingerprint density at radius 2 is 2.29 bits per heavy atom. The number of hydrogen-bond donors (Lipinski definition) is 1. The Kier molecular flexibility index (Phi) is 3.70. The molecule has 0 bridgehead atoms. The van der Waals surface area contributed by atoms with Gasteiger partial charge >= 0.3 is 0 Å². The minimum absolute atomic E-state index is 0.246. The van der Waals surface area contributed by atoms with Gasteiger partial charge in [0.15, 0.2) is 6.10 Å². The molecule has 1 N–H and O–H groups in total. The first-order valence-corrected chi connectivity index (χ1v) is 7.35. The number of rotatable bonds is 5. The van der Waals surface area contributed by atoms with Crippen LogP contribution in [-0.4, -0.2) is 33.5 Å². The lowest BCUT2D eigenvalue weighted by Gasteiger charge is -2.07. The van der Waals surface area contributed by atoms with Crippen LogP contribution in [0.15, 0.2) is 52.6 Å². The predicted molar refractivity (Wildman–Crippen MR) is 82.0 cm³/mol. The van der Waals surface area contributed by atoms with E-state index in [2.05, 4.69) is 24.8 Å². The highest BCUT2D eigenvalue weighted by Gasteiger charge is 2.24. The van der Waals surface area contributed by atoms with Crippen LogP contribution in [0.2, 0.25) is 0 Å². The predicted octanol–water partition coefficient (Wildman–Crippen LogP) is 2.78. The summed E-state index contributed by atoms with van der Waals surface area (Å²) in [6.45, 7) is 0.284. The molecule has 3 aromatic rings. The molecule has 1 aliphatic rings. The number of ether oxygens (including phenoxy) is 1. The number of aromatic nitrogens is 3. The van der Waals surface area contributed by atoms with Crippen molar-refractivity contribution in [3.8, 4) is 17.3 Å². The smallest absolute Gasteiger partial charge is 0.254 e. The molecule has 122 valence electrons. The number of benzene rings is 1. The summed E-state index contributed by atoms with van der Waals surface area (Å²) in [6, 6.07) is 6.51. The maximum absolute atomic E-state index is 14.3. The Hall–Kier alpha value is -3.16. The van der Waals surface area contributed by atoms with Crippen LogP contribution in [-0.2, 0) is 4.84 Å². The molecule has 7 nitrogen and oxygen atoms in total. The maximum Gasteiger partial charge on any atom is 0.254 e. The highest BCUT2D eigenvalue weighted by Crippen LogP contribution is 2.23. The molecule has 0 spiro atoms. The van der Waals surface area contributed by atoms with E-state index < -0.39 is 0 Å². The second-order valence-corrected chi connectivity index (χ2v) is 5.25. The first kappa shape index (κ1) is 14.4. The Bertz CT molecular complexity index is 846. The zero-order valence-corrected chi connectivity index (χ0v) is 12.5. The lowest BCUT2D eigenvalue weighted by atomic mass is 10.0. The fourth-order valence-corrected chi connectivity index (χ4v) is 2.44. The van der Waals surface area contributed by atoms with Gasteiger partial charge in [-0.2, -0.15) is 0 Å². The molecule has 0 unspecified atom stereocenters. The van der Waals surface area contributed by atoms with Crippen LogP contribution in [0.25, 0.3) is 11.4 Å². The fourth-order valence-electron chi connectivity index (χ4n) is 2.44. The van der Waals surface area contributed by atoms with Gasteiger partial charge < -0.3 is 19.1 Å². The Balaban J connectivity index is 1.42. The zero-order chi connectivity index (χ0) is 16.4. The number of hydrogen-bond acceptors (Lipinski definition) is 6. The summed E-state index contributed by atoms with van der Waals surface area (Å²) in [5.74, 6) is 0.510. The number of imidazole rings is 1. The standard InChI is InChI=1S/C16H13FN4O3/c17-13-7-10(1-2-12(13)16-18-4-5-19-16)14-8-11(24-20-14)9-22-15-3-6-23-21-15/h1-7,11H,8-9H2,(H,18,19)/t11-/m0/s1. The number of H-pyrrole nitrogens is 1.